The summed E-state index contributed by atoms with van der Waals surface area (Å²) in [6.07, 6.45) is 3.15. The minimum absolute atomic E-state index is 0.0738. The molecule has 0 unspecified atom stereocenters. The van der Waals surface area contributed by atoms with Crippen molar-refractivity contribution in [2.24, 2.45) is 0 Å². The predicted molar refractivity (Wildman–Crippen MR) is 137 cm³/mol. The molecule has 7 heteroatoms. The number of aryl methyl sites for hydroxylation is 1. The lowest BCUT2D eigenvalue weighted by Crippen LogP contribution is -2.18. The smallest absolute Gasteiger partial charge is 0.182 e. The van der Waals surface area contributed by atoms with E-state index < -0.39 is 0 Å². The van der Waals surface area contributed by atoms with Crippen LogP contribution in [0.25, 0.3) is 28.2 Å². The highest BCUT2D eigenvalue weighted by molar-refractivity contribution is 5.77. The van der Waals surface area contributed by atoms with Crippen molar-refractivity contribution >= 4 is 5.65 Å². The number of aromatic nitrogens is 3. The van der Waals surface area contributed by atoms with Crippen molar-refractivity contribution in [1.29, 1.82) is 5.26 Å². The first-order valence-electron chi connectivity index (χ1n) is 12.0. The average molecular weight is 470 g/mol. The van der Waals surface area contributed by atoms with Gasteiger partial charge in [-0.25, -0.2) is 9.50 Å². The van der Waals surface area contributed by atoms with Crippen LogP contribution in [0.5, 0.6) is 5.75 Å². The normalized spacial score (nSPS) is 11.1. The summed E-state index contributed by atoms with van der Waals surface area (Å²) in [4.78, 5) is 4.82. The van der Waals surface area contributed by atoms with Gasteiger partial charge in [-0.15, -0.1) is 5.10 Å². The van der Waals surface area contributed by atoms with Gasteiger partial charge in [-0.1, -0.05) is 31.2 Å². The van der Waals surface area contributed by atoms with Gasteiger partial charge in [0.2, 0.25) is 0 Å². The Balaban J connectivity index is 1.72. The van der Waals surface area contributed by atoms with Crippen LogP contribution in [-0.2, 0) is 13.0 Å². The summed E-state index contributed by atoms with van der Waals surface area (Å²) in [7, 11) is 0. The van der Waals surface area contributed by atoms with E-state index in [0.29, 0.717) is 31.2 Å². The Kier molecular flexibility index (Phi) is 7.76. The standard InChI is InChI=1S/C28H31N5O2/c1-4-14-35-26-9-8-22(15-19(26)2)24-6-5-7-25(20(24)3)27-31-28-23(10-11-29)16-21(17-30-12-13-34)18-33(28)32-27/h5-9,15-16,18,30,34H,4,10,12-14,17H2,1-3H3. The second-order valence-corrected chi connectivity index (χ2v) is 8.62. The van der Waals surface area contributed by atoms with E-state index in [-0.39, 0.29) is 13.0 Å². The molecule has 0 aliphatic heterocycles. The summed E-state index contributed by atoms with van der Waals surface area (Å²) < 4.78 is 7.60. The number of nitrogens with one attached hydrogen (secondary N) is 1. The van der Waals surface area contributed by atoms with E-state index in [0.717, 1.165) is 51.1 Å². The minimum atomic E-state index is 0.0738. The first-order valence-corrected chi connectivity index (χ1v) is 12.0. The van der Waals surface area contributed by atoms with Gasteiger partial charge in [0.05, 0.1) is 25.7 Å². The molecule has 0 atom stereocenters. The van der Waals surface area contributed by atoms with Gasteiger partial charge in [-0.3, -0.25) is 0 Å². The molecule has 2 heterocycles. The zero-order valence-corrected chi connectivity index (χ0v) is 20.5. The fraction of sp³-hybridized carbons (Fsp3) is 0.321. The lowest BCUT2D eigenvalue weighted by molar-refractivity contribution is 0.292. The maximum Gasteiger partial charge on any atom is 0.182 e. The van der Waals surface area contributed by atoms with Gasteiger partial charge in [-0.2, -0.15) is 5.26 Å². The van der Waals surface area contributed by atoms with Crippen LogP contribution in [0.3, 0.4) is 0 Å². The van der Waals surface area contributed by atoms with Gasteiger partial charge >= 0.3 is 0 Å². The third-order valence-electron chi connectivity index (χ3n) is 5.98. The molecule has 2 N–H and O–H groups in total. The maximum absolute atomic E-state index is 9.34. The maximum atomic E-state index is 9.34. The number of hydrogen-bond acceptors (Lipinski definition) is 6. The van der Waals surface area contributed by atoms with E-state index in [9.17, 15) is 5.26 Å². The molecule has 2 aromatic carbocycles. The minimum Gasteiger partial charge on any atom is -0.493 e. The van der Waals surface area contributed by atoms with Gasteiger partial charge in [0.1, 0.15) is 5.75 Å². The summed E-state index contributed by atoms with van der Waals surface area (Å²) in [5, 5.41) is 26.3. The molecule has 0 amide bonds. The highest BCUT2D eigenvalue weighted by atomic mass is 16.5. The van der Waals surface area contributed by atoms with Crippen molar-refractivity contribution in [2.75, 3.05) is 19.8 Å². The quantitative estimate of drug-likeness (QED) is 0.329. The number of aliphatic hydroxyl groups is 1. The first-order chi connectivity index (χ1) is 17.0. The van der Waals surface area contributed by atoms with Crippen LogP contribution in [0, 0.1) is 25.2 Å². The molecule has 0 aliphatic carbocycles. The Labute approximate surface area is 206 Å². The number of benzene rings is 2. The molecule has 0 aliphatic rings. The lowest BCUT2D eigenvalue weighted by Gasteiger charge is -2.13. The summed E-state index contributed by atoms with van der Waals surface area (Å²) >= 11 is 0. The van der Waals surface area contributed by atoms with E-state index >= 15 is 0 Å². The Morgan fingerprint density at radius 1 is 1.14 bits per heavy atom. The van der Waals surface area contributed by atoms with Gasteiger partial charge < -0.3 is 15.2 Å². The Morgan fingerprint density at radius 3 is 2.71 bits per heavy atom. The number of rotatable bonds is 10. The number of pyridine rings is 1. The number of hydrogen-bond donors (Lipinski definition) is 2. The SMILES string of the molecule is CCCOc1ccc(-c2cccc(-c3nc4c(CC#N)cc(CNCCO)cn4n3)c2C)cc1C. The van der Waals surface area contributed by atoms with Gasteiger partial charge in [0.25, 0.3) is 0 Å². The lowest BCUT2D eigenvalue weighted by atomic mass is 9.95. The molecular weight excluding hydrogens is 438 g/mol. The summed E-state index contributed by atoms with van der Waals surface area (Å²) in [5.74, 6) is 1.55. The van der Waals surface area contributed by atoms with Crippen molar-refractivity contribution < 1.29 is 9.84 Å². The van der Waals surface area contributed by atoms with Crippen molar-refractivity contribution in [2.45, 2.75) is 40.2 Å². The number of ether oxygens (including phenoxy) is 1. The number of nitrogens with zero attached hydrogens (tertiary/aromatic N) is 4. The van der Waals surface area contributed by atoms with Crippen molar-refractivity contribution in [3.05, 3.63) is 70.9 Å². The highest BCUT2D eigenvalue weighted by Crippen LogP contribution is 2.33. The fourth-order valence-corrected chi connectivity index (χ4v) is 4.23. The second-order valence-electron chi connectivity index (χ2n) is 8.62. The molecule has 0 radical (unpaired) electrons. The molecule has 0 spiro atoms. The van der Waals surface area contributed by atoms with E-state index in [4.69, 9.17) is 19.9 Å². The van der Waals surface area contributed by atoms with Gasteiger partial charge in [0.15, 0.2) is 11.5 Å². The first kappa shape index (κ1) is 24.4. The van der Waals surface area contributed by atoms with E-state index in [1.807, 2.05) is 30.5 Å². The van der Waals surface area contributed by atoms with E-state index in [1.54, 1.807) is 4.52 Å². The zero-order valence-electron chi connectivity index (χ0n) is 20.5. The van der Waals surface area contributed by atoms with Crippen LogP contribution in [0.2, 0.25) is 0 Å². The molecule has 0 bridgehead atoms. The molecule has 2 aromatic heterocycles. The summed E-state index contributed by atoms with van der Waals surface area (Å²) in [6.45, 7) is 8.13. The van der Waals surface area contributed by atoms with Crippen molar-refractivity contribution in [3.63, 3.8) is 0 Å². The number of aliphatic hydroxyl groups excluding tert-OH is 1. The largest absolute Gasteiger partial charge is 0.493 e. The zero-order chi connectivity index (χ0) is 24.8. The summed E-state index contributed by atoms with van der Waals surface area (Å²) in [6, 6.07) is 16.7. The van der Waals surface area contributed by atoms with Crippen LogP contribution < -0.4 is 10.1 Å². The third-order valence-corrected chi connectivity index (χ3v) is 5.98. The van der Waals surface area contributed by atoms with Crippen LogP contribution in [0.1, 0.15) is 35.6 Å². The van der Waals surface area contributed by atoms with E-state index in [1.165, 1.54) is 0 Å². The topological polar surface area (TPSA) is 95.5 Å². The monoisotopic (exact) mass is 469 g/mol. The molecule has 4 rings (SSSR count). The van der Waals surface area contributed by atoms with Crippen LogP contribution in [-0.4, -0.2) is 39.5 Å². The predicted octanol–water partition coefficient (Wildman–Crippen LogP) is 4.62. The van der Waals surface area contributed by atoms with Crippen molar-refractivity contribution in [1.82, 2.24) is 19.9 Å². The molecule has 180 valence electrons. The van der Waals surface area contributed by atoms with Crippen molar-refractivity contribution in [3.8, 4) is 34.3 Å². The average Bonchev–Trinajstić information content (AvgIpc) is 3.28. The third kappa shape index (κ3) is 5.35. The van der Waals surface area contributed by atoms with Crippen LogP contribution in [0.15, 0.2) is 48.7 Å². The Hall–Kier alpha value is -3.73. The molecule has 0 fully saturated rings. The molecule has 0 saturated carbocycles. The van der Waals surface area contributed by atoms with E-state index in [2.05, 4.69) is 50.4 Å². The Morgan fingerprint density at radius 2 is 1.97 bits per heavy atom. The molecule has 0 saturated heterocycles. The number of fused-ring (bicyclic) bond motifs is 1. The van der Waals surface area contributed by atoms with Gasteiger partial charge in [0, 0.05) is 30.4 Å². The van der Waals surface area contributed by atoms with Crippen LogP contribution in [0.4, 0.5) is 0 Å². The summed E-state index contributed by atoms with van der Waals surface area (Å²) in [5.41, 5.74) is 7.91. The molecule has 7 nitrogen and oxygen atoms in total. The highest BCUT2D eigenvalue weighted by Gasteiger charge is 2.16. The molecular formula is C28H31N5O2. The second kappa shape index (κ2) is 11.1. The molecule has 35 heavy (non-hydrogen) atoms. The van der Waals surface area contributed by atoms with Gasteiger partial charge in [-0.05, 0) is 66.3 Å². The fourth-order valence-electron chi connectivity index (χ4n) is 4.23. The number of nitriles is 1. The molecule has 4 aromatic rings. The Bertz CT molecular complexity index is 1370. The van der Waals surface area contributed by atoms with Crippen LogP contribution >= 0.6 is 0 Å².